The Morgan fingerprint density at radius 1 is 1.17 bits per heavy atom. The number of hydrogen-bond acceptors (Lipinski definition) is 2. The van der Waals surface area contributed by atoms with Crippen molar-refractivity contribution in [3.63, 3.8) is 0 Å². The van der Waals surface area contributed by atoms with Crippen LogP contribution < -0.4 is 5.73 Å². The van der Waals surface area contributed by atoms with E-state index >= 15 is 0 Å². The molecule has 4 atom stereocenters. The minimum Gasteiger partial charge on any atom is -0.329 e. The molecule has 0 bridgehead atoms. The van der Waals surface area contributed by atoms with E-state index in [2.05, 4.69) is 18.7 Å². The summed E-state index contributed by atoms with van der Waals surface area (Å²) in [5.41, 5.74) is 6.11. The van der Waals surface area contributed by atoms with E-state index < -0.39 is 0 Å². The van der Waals surface area contributed by atoms with Gasteiger partial charge >= 0.3 is 0 Å². The van der Waals surface area contributed by atoms with Crippen molar-refractivity contribution in [1.82, 2.24) is 4.90 Å². The molecular formula is C16H32N2. The van der Waals surface area contributed by atoms with Gasteiger partial charge in [-0.2, -0.15) is 0 Å². The molecule has 0 spiro atoms. The molecule has 0 aromatic carbocycles. The van der Waals surface area contributed by atoms with Crippen molar-refractivity contribution < 1.29 is 0 Å². The molecule has 2 rings (SSSR count). The van der Waals surface area contributed by atoms with Gasteiger partial charge in [-0.25, -0.2) is 0 Å². The smallest absolute Gasteiger partial charge is 0.0247 e. The number of nitrogens with zero attached hydrogens (tertiary/aromatic N) is 1. The first-order valence-electron chi connectivity index (χ1n) is 8.23. The SMILES string of the molecule is CCCC(C)C(CN)N1CCCC2CCCCC21. The number of piperidine rings is 1. The standard InChI is InChI=1S/C16H32N2/c1-3-7-13(2)16(12-17)18-11-6-9-14-8-4-5-10-15(14)18/h13-16H,3-12,17H2,1-2H3. The quantitative estimate of drug-likeness (QED) is 0.812. The zero-order valence-electron chi connectivity index (χ0n) is 12.4. The molecule has 106 valence electrons. The van der Waals surface area contributed by atoms with Gasteiger partial charge in [-0.1, -0.05) is 33.1 Å². The second kappa shape index (κ2) is 6.91. The van der Waals surface area contributed by atoms with E-state index in [1.165, 1.54) is 57.9 Å². The normalized spacial score (nSPS) is 32.8. The van der Waals surface area contributed by atoms with Crippen LogP contribution in [0.15, 0.2) is 0 Å². The molecule has 0 aromatic heterocycles. The van der Waals surface area contributed by atoms with Crippen LogP contribution in [0.2, 0.25) is 0 Å². The lowest BCUT2D eigenvalue weighted by Crippen LogP contribution is -2.55. The van der Waals surface area contributed by atoms with Gasteiger partial charge < -0.3 is 5.73 Å². The Kier molecular flexibility index (Phi) is 5.50. The monoisotopic (exact) mass is 252 g/mol. The van der Waals surface area contributed by atoms with Crippen LogP contribution in [0.4, 0.5) is 0 Å². The molecule has 2 aliphatic rings. The summed E-state index contributed by atoms with van der Waals surface area (Å²) >= 11 is 0. The molecule has 0 aromatic rings. The summed E-state index contributed by atoms with van der Waals surface area (Å²) in [6.07, 6.45) is 11.3. The maximum absolute atomic E-state index is 6.11. The Hall–Kier alpha value is -0.0800. The second-order valence-electron chi connectivity index (χ2n) is 6.56. The topological polar surface area (TPSA) is 29.3 Å². The third-order valence-electron chi connectivity index (χ3n) is 5.35. The molecule has 1 heterocycles. The molecule has 1 saturated carbocycles. The van der Waals surface area contributed by atoms with Gasteiger partial charge in [0.1, 0.15) is 0 Å². The van der Waals surface area contributed by atoms with Crippen LogP contribution in [0.25, 0.3) is 0 Å². The molecule has 2 fully saturated rings. The number of rotatable bonds is 5. The van der Waals surface area contributed by atoms with Crippen molar-refractivity contribution in [3.8, 4) is 0 Å². The van der Waals surface area contributed by atoms with Crippen LogP contribution in [0, 0.1) is 11.8 Å². The maximum atomic E-state index is 6.11. The zero-order valence-corrected chi connectivity index (χ0v) is 12.4. The van der Waals surface area contributed by atoms with Crippen LogP contribution in [-0.4, -0.2) is 30.1 Å². The summed E-state index contributed by atoms with van der Waals surface area (Å²) in [6.45, 7) is 6.86. The van der Waals surface area contributed by atoms with Gasteiger partial charge in [0.15, 0.2) is 0 Å². The lowest BCUT2D eigenvalue weighted by molar-refractivity contribution is 0.00907. The average Bonchev–Trinajstić information content (AvgIpc) is 2.40. The fourth-order valence-corrected chi connectivity index (χ4v) is 4.42. The highest BCUT2D eigenvalue weighted by atomic mass is 15.2. The highest BCUT2D eigenvalue weighted by Gasteiger charge is 2.37. The summed E-state index contributed by atoms with van der Waals surface area (Å²) in [7, 11) is 0. The molecule has 4 unspecified atom stereocenters. The molecule has 2 N–H and O–H groups in total. The van der Waals surface area contributed by atoms with Gasteiger partial charge in [0, 0.05) is 18.6 Å². The van der Waals surface area contributed by atoms with Crippen molar-refractivity contribution >= 4 is 0 Å². The molecule has 0 amide bonds. The van der Waals surface area contributed by atoms with E-state index in [9.17, 15) is 0 Å². The fraction of sp³-hybridized carbons (Fsp3) is 1.00. The number of nitrogens with two attached hydrogens (primary N) is 1. The maximum Gasteiger partial charge on any atom is 0.0247 e. The summed E-state index contributed by atoms with van der Waals surface area (Å²) in [4.78, 5) is 2.81. The summed E-state index contributed by atoms with van der Waals surface area (Å²) in [6, 6.07) is 1.50. The van der Waals surface area contributed by atoms with Gasteiger partial charge in [-0.3, -0.25) is 4.90 Å². The minimum absolute atomic E-state index is 0.635. The van der Waals surface area contributed by atoms with Crippen LogP contribution in [0.3, 0.4) is 0 Å². The van der Waals surface area contributed by atoms with Crippen molar-refractivity contribution in [2.24, 2.45) is 17.6 Å². The highest BCUT2D eigenvalue weighted by molar-refractivity contribution is 4.92. The van der Waals surface area contributed by atoms with Gasteiger partial charge in [-0.15, -0.1) is 0 Å². The fourth-order valence-electron chi connectivity index (χ4n) is 4.42. The summed E-state index contributed by atoms with van der Waals surface area (Å²) in [5, 5.41) is 0. The Morgan fingerprint density at radius 2 is 1.89 bits per heavy atom. The minimum atomic E-state index is 0.635. The van der Waals surface area contributed by atoms with Crippen molar-refractivity contribution in [2.75, 3.05) is 13.1 Å². The molecule has 1 aliphatic heterocycles. The van der Waals surface area contributed by atoms with Crippen molar-refractivity contribution in [1.29, 1.82) is 0 Å². The van der Waals surface area contributed by atoms with E-state index in [4.69, 9.17) is 5.73 Å². The Morgan fingerprint density at radius 3 is 2.61 bits per heavy atom. The first-order chi connectivity index (χ1) is 8.77. The van der Waals surface area contributed by atoms with E-state index in [-0.39, 0.29) is 0 Å². The van der Waals surface area contributed by atoms with Crippen molar-refractivity contribution in [3.05, 3.63) is 0 Å². The van der Waals surface area contributed by atoms with Gasteiger partial charge in [0.25, 0.3) is 0 Å². The summed E-state index contributed by atoms with van der Waals surface area (Å²) in [5.74, 6) is 1.75. The largest absolute Gasteiger partial charge is 0.329 e. The molecule has 18 heavy (non-hydrogen) atoms. The molecule has 0 radical (unpaired) electrons. The number of fused-ring (bicyclic) bond motifs is 1. The first kappa shape index (κ1) is 14.3. The van der Waals surface area contributed by atoms with Crippen molar-refractivity contribution in [2.45, 2.75) is 77.3 Å². The van der Waals surface area contributed by atoms with E-state index in [1.807, 2.05) is 0 Å². The molecular weight excluding hydrogens is 220 g/mol. The lowest BCUT2D eigenvalue weighted by Gasteiger charge is -2.49. The van der Waals surface area contributed by atoms with Gasteiger partial charge in [-0.05, 0) is 50.5 Å². The van der Waals surface area contributed by atoms with Gasteiger partial charge in [0.05, 0.1) is 0 Å². The Balaban J connectivity index is 2.03. The van der Waals surface area contributed by atoms with E-state index in [0.29, 0.717) is 6.04 Å². The molecule has 1 saturated heterocycles. The third-order valence-corrected chi connectivity index (χ3v) is 5.35. The third kappa shape index (κ3) is 3.08. The summed E-state index contributed by atoms with van der Waals surface area (Å²) < 4.78 is 0. The second-order valence-corrected chi connectivity index (χ2v) is 6.56. The first-order valence-corrected chi connectivity index (χ1v) is 8.23. The van der Waals surface area contributed by atoms with E-state index in [0.717, 1.165) is 24.4 Å². The van der Waals surface area contributed by atoms with Crippen LogP contribution >= 0.6 is 0 Å². The van der Waals surface area contributed by atoms with Crippen LogP contribution in [0.5, 0.6) is 0 Å². The van der Waals surface area contributed by atoms with Crippen LogP contribution in [0.1, 0.15) is 65.2 Å². The van der Waals surface area contributed by atoms with Crippen LogP contribution in [-0.2, 0) is 0 Å². The molecule has 2 nitrogen and oxygen atoms in total. The van der Waals surface area contributed by atoms with E-state index in [1.54, 1.807) is 0 Å². The lowest BCUT2D eigenvalue weighted by atomic mass is 9.77. The zero-order chi connectivity index (χ0) is 13.0. The average molecular weight is 252 g/mol. The predicted molar refractivity (Wildman–Crippen MR) is 78.6 cm³/mol. The number of hydrogen-bond donors (Lipinski definition) is 1. The van der Waals surface area contributed by atoms with Gasteiger partial charge in [0.2, 0.25) is 0 Å². The number of likely N-dealkylation sites (tertiary alicyclic amines) is 1. The predicted octanol–water partition coefficient (Wildman–Crippen LogP) is 3.40. The molecule has 2 heteroatoms. The molecule has 1 aliphatic carbocycles. The highest BCUT2D eigenvalue weighted by Crippen LogP contribution is 2.37. The Labute approximate surface area is 113 Å². The Bertz CT molecular complexity index is 239.